The second kappa shape index (κ2) is 4.53. The van der Waals surface area contributed by atoms with E-state index in [1.807, 2.05) is 9.80 Å². The molecule has 2 aliphatic heterocycles. The largest absolute Gasteiger partial charge is 0.339 e. The number of rotatable bonds is 3. The van der Waals surface area contributed by atoms with Crippen LogP contribution in [-0.4, -0.2) is 53.3 Å². The van der Waals surface area contributed by atoms with E-state index in [1.165, 1.54) is 12.8 Å². The molecule has 3 aliphatic rings. The third kappa shape index (κ3) is 2.23. The molecule has 0 aromatic heterocycles. The van der Waals surface area contributed by atoms with E-state index >= 15 is 0 Å². The van der Waals surface area contributed by atoms with Gasteiger partial charge in [-0.25, -0.2) is 0 Å². The fraction of sp³-hybridized carbons (Fsp3) is 0.846. The van der Waals surface area contributed by atoms with Crippen molar-refractivity contribution in [2.24, 2.45) is 11.7 Å². The quantitative estimate of drug-likeness (QED) is 0.764. The Kier molecular flexibility index (Phi) is 3.01. The Morgan fingerprint density at radius 3 is 2.83 bits per heavy atom. The Bertz CT molecular complexity index is 367. The summed E-state index contributed by atoms with van der Waals surface area (Å²) in [5.74, 6) is 0.999. The van der Waals surface area contributed by atoms with E-state index in [0.717, 1.165) is 6.42 Å². The second-order valence-corrected chi connectivity index (χ2v) is 5.82. The standard InChI is InChI=1S/C13H21N3O2/c14-11(9-1-2-9)7-13(18)15-5-6-16-10(8-15)3-4-12(16)17/h9-11H,1-8,14H2. The van der Waals surface area contributed by atoms with Gasteiger partial charge in [-0.1, -0.05) is 0 Å². The molecule has 0 radical (unpaired) electrons. The lowest BCUT2D eigenvalue weighted by Gasteiger charge is -2.38. The van der Waals surface area contributed by atoms with E-state index in [4.69, 9.17) is 5.73 Å². The van der Waals surface area contributed by atoms with Crippen LogP contribution in [-0.2, 0) is 9.59 Å². The third-order valence-corrected chi connectivity index (χ3v) is 4.49. The molecule has 18 heavy (non-hydrogen) atoms. The first kappa shape index (κ1) is 12.0. The highest BCUT2D eigenvalue weighted by molar-refractivity contribution is 5.80. The maximum Gasteiger partial charge on any atom is 0.224 e. The number of hydrogen-bond acceptors (Lipinski definition) is 3. The van der Waals surface area contributed by atoms with Gasteiger partial charge in [0.25, 0.3) is 0 Å². The maximum absolute atomic E-state index is 12.2. The molecule has 3 rings (SSSR count). The van der Waals surface area contributed by atoms with Crippen LogP contribution in [0, 0.1) is 5.92 Å². The SMILES string of the molecule is NC(CC(=O)N1CCN2C(=O)CCC2C1)C1CC1. The molecule has 5 nitrogen and oxygen atoms in total. The van der Waals surface area contributed by atoms with Gasteiger partial charge in [0.1, 0.15) is 0 Å². The molecule has 100 valence electrons. The Morgan fingerprint density at radius 2 is 2.11 bits per heavy atom. The average molecular weight is 251 g/mol. The van der Waals surface area contributed by atoms with Gasteiger partial charge in [0.2, 0.25) is 11.8 Å². The molecule has 0 aromatic rings. The van der Waals surface area contributed by atoms with E-state index in [-0.39, 0.29) is 23.9 Å². The predicted molar refractivity (Wildman–Crippen MR) is 66.6 cm³/mol. The van der Waals surface area contributed by atoms with Gasteiger partial charge in [-0.2, -0.15) is 0 Å². The van der Waals surface area contributed by atoms with Crippen LogP contribution in [0.5, 0.6) is 0 Å². The van der Waals surface area contributed by atoms with Crippen LogP contribution in [0.25, 0.3) is 0 Å². The first-order valence-corrected chi connectivity index (χ1v) is 6.98. The number of fused-ring (bicyclic) bond motifs is 1. The van der Waals surface area contributed by atoms with E-state index in [9.17, 15) is 9.59 Å². The Labute approximate surface area is 107 Å². The Hall–Kier alpha value is -1.10. The highest BCUT2D eigenvalue weighted by atomic mass is 16.2. The van der Waals surface area contributed by atoms with Gasteiger partial charge in [0.15, 0.2) is 0 Å². The normalized spacial score (nSPS) is 29.4. The van der Waals surface area contributed by atoms with Gasteiger partial charge in [0.05, 0.1) is 0 Å². The third-order valence-electron chi connectivity index (χ3n) is 4.49. The van der Waals surface area contributed by atoms with E-state index < -0.39 is 0 Å². The topological polar surface area (TPSA) is 66.6 Å². The van der Waals surface area contributed by atoms with Crippen molar-refractivity contribution in [3.05, 3.63) is 0 Å². The first-order valence-electron chi connectivity index (χ1n) is 6.98. The van der Waals surface area contributed by atoms with Gasteiger partial charge in [-0.3, -0.25) is 9.59 Å². The van der Waals surface area contributed by atoms with Crippen LogP contribution in [0.3, 0.4) is 0 Å². The van der Waals surface area contributed by atoms with Crippen molar-refractivity contribution in [2.75, 3.05) is 19.6 Å². The van der Waals surface area contributed by atoms with Crippen molar-refractivity contribution >= 4 is 11.8 Å². The molecule has 2 atom stereocenters. The summed E-state index contributed by atoms with van der Waals surface area (Å²) in [5, 5.41) is 0. The molecule has 2 N–H and O–H groups in total. The molecule has 0 spiro atoms. The Morgan fingerprint density at radius 1 is 1.33 bits per heavy atom. The summed E-state index contributed by atoms with van der Waals surface area (Å²) >= 11 is 0. The molecule has 2 unspecified atom stereocenters. The Balaban J connectivity index is 1.54. The van der Waals surface area contributed by atoms with Crippen LogP contribution in [0.2, 0.25) is 0 Å². The van der Waals surface area contributed by atoms with Crippen molar-refractivity contribution < 1.29 is 9.59 Å². The van der Waals surface area contributed by atoms with Gasteiger partial charge in [-0.05, 0) is 25.2 Å². The molecule has 0 aromatic carbocycles. The minimum atomic E-state index is 0.0424. The van der Waals surface area contributed by atoms with Crippen molar-refractivity contribution in [1.82, 2.24) is 9.80 Å². The van der Waals surface area contributed by atoms with Gasteiger partial charge in [0, 0.05) is 44.6 Å². The number of nitrogens with zero attached hydrogens (tertiary/aromatic N) is 2. The summed E-state index contributed by atoms with van der Waals surface area (Å²) in [6, 6.07) is 0.299. The van der Waals surface area contributed by atoms with Crippen LogP contribution >= 0.6 is 0 Å². The molecule has 2 saturated heterocycles. The molecular weight excluding hydrogens is 230 g/mol. The number of nitrogens with two attached hydrogens (primary N) is 1. The summed E-state index contributed by atoms with van der Waals surface area (Å²) in [7, 11) is 0. The van der Waals surface area contributed by atoms with E-state index in [1.54, 1.807) is 0 Å². The highest BCUT2D eigenvalue weighted by Crippen LogP contribution is 2.33. The smallest absolute Gasteiger partial charge is 0.224 e. The van der Waals surface area contributed by atoms with Gasteiger partial charge in [-0.15, -0.1) is 0 Å². The minimum absolute atomic E-state index is 0.0424. The van der Waals surface area contributed by atoms with Crippen LogP contribution in [0.15, 0.2) is 0 Å². The predicted octanol–water partition coefficient (Wildman–Crippen LogP) is -0.0530. The summed E-state index contributed by atoms with van der Waals surface area (Å²) < 4.78 is 0. The first-order chi connectivity index (χ1) is 8.65. The molecule has 2 amide bonds. The van der Waals surface area contributed by atoms with Crippen molar-refractivity contribution in [1.29, 1.82) is 0 Å². The van der Waals surface area contributed by atoms with Crippen molar-refractivity contribution in [2.45, 2.75) is 44.2 Å². The summed E-state index contributed by atoms with van der Waals surface area (Å²) in [4.78, 5) is 27.6. The van der Waals surface area contributed by atoms with Crippen LogP contribution < -0.4 is 5.73 Å². The summed E-state index contributed by atoms with van der Waals surface area (Å²) in [6.45, 7) is 2.09. The van der Waals surface area contributed by atoms with Crippen LogP contribution in [0.1, 0.15) is 32.1 Å². The molecule has 2 heterocycles. The zero-order valence-electron chi connectivity index (χ0n) is 10.7. The zero-order valence-corrected chi connectivity index (χ0v) is 10.7. The van der Waals surface area contributed by atoms with E-state index in [0.29, 0.717) is 38.4 Å². The lowest BCUT2D eigenvalue weighted by atomic mass is 10.1. The molecular formula is C13H21N3O2. The second-order valence-electron chi connectivity index (χ2n) is 5.82. The lowest BCUT2D eigenvalue weighted by molar-refractivity contribution is -0.139. The average Bonchev–Trinajstić information content (AvgIpc) is 3.15. The van der Waals surface area contributed by atoms with E-state index in [2.05, 4.69) is 0 Å². The van der Waals surface area contributed by atoms with Crippen molar-refractivity contribution in [3.63, 3.8) is 0 Å². The number of carbonyl (C=O) groups excluding carboxylic acids is 2. The maximum atomic E-state index is 12.2. The molecule has 1 aliphatic carbocycles. The summed E-state index contributed by atoms with van der Waals surface area (Å²) in [6.07, 6.45) is 4.38. The molecule has 5 heteroatoms. The zero-order chi connectivity index (χ0) is 12.7. The summed E-state index contributed by atoms with van der Waals surface area (Å²) in [5.41, 5.74) is 6.00. The number of piperazine rings is 1. The highest BCUT2D eigenvalue weighted by Gasteiger charge is 2.38. The molecule has 0 bridgehead atoms. The number of hydrogen-bond donors (Lipinski definition) is 1. The number of amides is 2. The van der Waals surface area contributed by atoms with Gasteiger partial charge < -0.3 is 15.5 Å². The minimum Gasteiger partial charge on any atom is -0.339 e. The fourth-order valence-corrected chi connectivity index (χ4v) is 3.11. The van der Waals surface area contributed by atoms with Gasteiger partial charge >= 0.3 is 0 Å². The monoisotopic (exact) mass is 251 g/mol. The molecule has 1 saturated carbocycles. The lowest BCUT2D eigenvalue weighted by Crippen LogP contribution is -2.53. The van der Waals surface area contributed by atoms with Crippen molar-refractivity contribution in [3.8, 4) is 0 Å². The molecule has 3 fully saturated rings. The van der Waals surface area contributed by atoms with Crippen LogP contribution in [0.4, 0.5) is 0 Å². The number of carbonyl (C=O) groups is 2. The fourth-order valence-electron chi connectivity index (χ4n) is 3.11.